The molecule has 0 aromatic rings. The molecule has 0 atom stereocenters. The van der Waals surface area contributed by atoms with E-state index in [2.05, 4.69) is 27.8 Å². The van der Waals surface area contributed by atoms with Gasteiger partial charge in [-0.15, -0.1) is 0 Å². The van der Waals surface area contributed by atoms with E-state index in [4.69, 9.17) is 10.2 Å². The van der Waals surface area contributed by atoms with Crippen molar-refractivity contribution < 1.29 is 19.5 Å². The maximum Gasteiger partial charge on any atom is 0.335 e. The summed E-state index contributed by atoms with van der Waals surface area (Å²) < 4.78 is 1.21. The van der Waals surface area contributed by atoms with E-state index in [0.29, 0.717) is 0 Å². The van der Waals surface area contributed by atoms with Crippen LogP contribution in [0.15, 0.2) is 0 Å². The number of hydrogen-bond acceptors (Lipinski definition) is 2. The summed E-state index contributed by atoms with van der Waals surface area (Å²) in [5, 5.41) is 16.5. The van der Waals surface area contributed by atoms with Crippen LogP contribution >= 0.6 is 0 Å². The van der Waals surface area contributed by atoms with Gasteiger partial charge in [0.2, 0.25) is 0 Å². The molecule has 0 spiro atoms. The Bertz CT molecular complexity index is 172. The maximum absolute atomic E-state index is 9.77. The zero-order valence-electron chi connectivity index (χ0n) is 10.9. The zero-order valence-corrected chi connectivity index (χ0v) is 10.9. The van der Waals surface area contributed by atoms with Crippen molar-refractivity contribution in [3.63, 3.8) is 0 Å². The molecular weight excluding hydrogens is 194 g/mol. The molecule has 0 fully saturated rings. The predicted molar refractivity (Wildman–Crippen MR) is 61.7 cm³/mol. The van der Waals surface area contributed by atoms with E-state index in [-0.39, 0.29) is 0 Å². The lowest BCUT2D eigenvalue weighted by Gasteiger charge is -2.30. The second kappa shape index (κ2) is 6.80. The third-order valence-electron chi connectivity index (χ3n) is 2.81. The molecule has 92 valence electrons. The van der Waals surface area contributed by atoms with Crippen molar-refractivity contribution >= 4 is 5.97 Å². The molecule has 0 aliphatic carbocycles. The summed E-state index contributed by atoms with van der Waals surface area (Å²) in [7, 11) is 2.29. The molecule has 0 aliphatic heterocycles. The molecule has 0 aromatic carbocycles. The Kier molecular flexibility index (Phi) is 7.62. The van der Waals surface area contributed by atoms with Gasteiger partial charge < -0.3 is 14.7 Å². The molecule has 2 N–H and O–H groups in total. The number of rotatable bonds is 4. The first-order chi connectivity index (χ1) is 6.63. The quantitative estimate of drug-likeness (QED) is 0.703. The molecular formula is C11H26NO3+. The molecule has 0 saturated carbocycles. The minimum atomic E-state index is -1.58. The topological polar surface area (TPSA) is 57.5 Å². The Morgan fingerprint density at radius 3 is 1.33 bits per heavy atom. The summed E-state index contributed by atoms with van der Waals surface area (Å²) in [6.45, 7) is 12.9. The van der Waals surface area contributed by atoms with E-state index >= 15 is 0 Å². The van der Waals surface area contributed by atoms with Crippen LogP contribution in [0.4, 0.5) is 0 Å². The third kappa shape index (κ3) is 8.39. The summed E-state index contributed by atoms with van der Waals surface area (Å²) in [4.78, 5) is 9.77. The molecule has 0 amide bonds. The number of carboxylic acid groups (broad SMARTS) is 1. The Labute approximate surface area is 93.1 Å². The van der Waals surface area contributed by atoms with Crippen LogP contribution in [0.2, 0.25) is 0 Å². The third-order valence-corrected chi connectivity index (χ3v) is 2.81. The summed E-state index contributed by atoms with van der Waals surface area (Å²) in [5.74, 6) is -1.20. The fraction of sp³-hybridized carbons (Fsp3) is 0.909. The van der Waals surface area contributed by atoms with Crippen molar-refractivity contribution in [3.8, 4) is 0 Å². The van der Waals surface area contributed by atoms with Crippen LogP contribution in [0.25, 0.3) is 0 Å². The molecule has 0 bridgehead atoms. The highest BCUT2D eigenvalue weighted by Crippen LogP contribution is 1.98. The van der Waals surface area contributed by atoms with Crippen molar-refractivity contribution in [1.82, 2.24) is 0 Å². The van der Waals surface area contributed by atoms with Gasteiger partial charge in [0, 0.05) is 0 Å². The molecule has 15 heavy (non-hydrogen) atoms. The number of quaternary nitrogens is 1. The van der Waals surface area contributed by atoms with Gasteiger partial charge in [0.25, 0.3) is 0 Å². The SMILES string of the molecule is CC(C)(O)C(=O)O.CC[N+](C)(CC)CC. The highest BCUT2D eigenvalue weighted by molar-refractivity contribution is 5.75. The highest BCUT2D eigenvalue weighted by atomic mass is 16.4. The van der Waals surface area contributed by atoms with Gasteiger partial charge in [0.15, 0.2) is 5.60 Å². The van der Waals surface area contributed by atoms with E-state index in [1.807, 2.05) is 0 Å². The summed E-state index contributed by atoms with van der Waals surface area (Å²) in [5.41, 5.74) is -1.58. The maximum atomic E-state index is 9.77. The Balaban J connectivity index is 0. The van der Waals surface area contributed by atoms with Crippen molar-refractivity contribution in [1.29, 1.82) is 0 Å². The van der Waals surface area contributed by atoms with Crippen LogP contribution in [-0.2, 0) is 4.79 Å². The average Bonchev–Trinajstić information content (AvgIpc) is 2.16. The fourth-order valence-corrected chi connectivity index (χ4v) is 0.671. The van der Waals surface area contributed by atoms with Crippen LogP contribution in [0.3, 0.4) is 0 Å². The average molecular weight is 220 g/mol. The fourth-order valence-electron chi connectivity index (χ4n) is 0.671. The monoisotopic (exact) mass is 220 g/mol. The largest absolute Gasteiger partial charge is 0.479 e. The molecule has 0 unspecified atom stereocenters. The molecule has 0 heterocycles. The smallest absolute Gasteiger partial charge is 0.335 e. The molecule has 4 nitrogen and oxygen atoms in total. The predicted octanol–water partition coefficient (Wildman–Crippen LogP) is 1.33. The lowest BCUT2D eigenvalue weighted by atomic mass is 10.1. The van der Waals surface area contributed by atoms with Gasteiger partial charge in [0.05, 0.1) is 26.7 Å². The van der Waals surface area contributed by atoms with Crippen molar-refractivity contribution in [2.45, 2.75) is 40.2 Å². The van der Waals surface area contributed by atoms with Crippen molar-refractivity contribution in [2.75, 3.05) is 26.7 Å². The van der Waals surface area contributed by atoms with Crippen LogP contribution in [0, 0.1) is 0 Å². The minimum Gasteiger partial charge on any atom is -0.479 e. The van der Waals surface area contributed by atoms with Gasteiger partial charge >= 0.3 is 5.97 Å². The van der Waals surface area contributed by atoms with Crippen molar-refractivity contribution in [3.05, 3.63) is 0 Å². The Morgan fingerprint density at radius 2 is 1.33 bits per heavy atom. The minimum absolute atomic E-state index is 1.20. The van der Waals surface area contributed by atoms with Gasteiger partial charge in [-0.1, -0.05) is 0 Å². The number of nitrogens with zero attached hydrogens (tertiary/aromatic N) is 1. The summed E-state index contributed by atoms with van der Waals surface area (Å²) in [6, 6.07) is 0. The first kappa shape index (κ1) is 16.8. The Morgan fingerprint density at radius 1 is 1.13 bits per heavy atom. The first-order valence-electron chi connectivity index (χ1n) is 5.42. The van der Waals surface area contributed by atoms with Crippen LogP contribution in [-0.4, -0.2) is 52.9 Å². The molecule has 0 radical (unpaired) electrons. The van der Waals surface area contributed by atoms with Gasteiger partial charge in [-0.2, -0.15) is 0 Å². The number of carbonyl (C=O) groups is 1. The molecule has 0 aromatic heterocycles. The van der Waals surface area contributed by atoms with E-state index in [1.54, 1.807) is 0 Å². The second-order valence-electron chi connectivity index (χ2n) is 4.43. The van der Waals surface area contributed by atoms with Crippen LogP contribution in [0.5, 0.6) is 0 Å². The first-order valence-corrected chi connectivity index (χ1v) is 5.42. The van der Waals surface area contributed by atoms with E-state index < -0.39 is 11.6 Å². The van der Waals surface area contributed by atoms with E-state index in [9.17, 15) is 4.79 Å². The van der Waals surface area contributed by atoms with Crippen LogP contribution < -0.4 is 0 Å². The van der Waals surface area contributed by atoms with Gasteiger partial charge in [-0.25, -0.2) is 4.79 Å². The lowest BCUT2D eigenvalue weighted by molar-refractivity contribution is -0.904. The second-order valence-corrected chi connectivity index (χ2v) is 4.43. The van der Waals surface area contributed by atoms with Gasteiger partial charge in [-0.05, 0) is 34.6 Å². The van der Waals surface area contributed by atoms with Crippen LogP contribution in [0.1, 0.15) is 34.6 Å². The number of carboxylic acids is 1. The number of aliphatic hydroxyl groups is 1. The summed E-state index contributed by atoms with van der Waals surface area (Å²) >= 11 is 0. The normalized spacial score (nSPS) is 11.7. The van der Waals surface area contributed by atoms with E-state index in [0.717, 1.165) is 0 Å². The molecule has 4 heteroatoms. The zero-order chi connectivity index (χ0) is 12.7. The summed E-state index contributed by atoms with van der Waals surface area (Å²) in [6.07, 6.45) is 0. The number of aliphatic carboxylic acids is 1. The van der Waals surface area contributed by atoms with E-state index in [1.165, 1.54) is 38.0 Å². The number of hydrogen-bond donors (Lipinski definition) is 2. The highest BCUT2D eigenvalue weighted by Gasteiger charge is 2.21. The van der Waals surface area contributed by atoms with Gasteiger partial charge in [-0.3, -0.25) is 0 Å². The van der Waals surface area contributed by atoms with Crippen molar-refractivity contribution in [2.24, 2.45) is 0 Å². The lowest BCUT2D eigenvalue weighted by Crippen LogP contribution is -2.42. The van der Waals surface area contributed by atoms with Gasteiger partial charge in [0.1, 0.15) is 0 Å². The molecule has 0 saturated heterocycles. The molecule has 0 rings (SSSR count). The Hall–Kier alpha value is -0.610. The molecule has 0 aliphatic rings. The standard InChI is InChI=1S/C7H18N.C4H8O3/c1-5-8(4,6-2)7-3;1-4(2,7)3(5)6/h5-7H2,1-4H3;7H,1-2H3,(H,5,6)/q+1;.